The molecule has 0 saturated heterocycles. The fourth-order valence-electron chi connectivity index (χ4n) is 3.57. The van der Waals surface area contributed by atoms with E-state index < -0.39 is 0 Å². The molecule has 2 heterocycles. The number of hydrogen-bond donors (Lipinski definition) is 2. The molecule has 132 valence electrons. The van der Waals surface area contributed by atoms with E-state index in [2.05, 4.69) is 15.6 Å². The van der Waals surface area contributed by atoms with Gasteiger partial charge in [0, 0.05) is 26.2 Å². The van der Waals surface area contributed by atoms with E-state index in [1.807, 2.05) is 4.57 Å². The number of carbonyl (C=O) groups excluding carboxylic acids is 2. The van der Waals surface area contributed by atoms with E-state index >= 15 is 0 Å². The number of aromatic nitrogens is 2. The van der Waals surface area contributed by atoms with Gasteiger partial charge in [-0.25, -0.2) is 4.98 Å². The number of nitrogens with zero attached hydrogens (tertiary/aromatic N) is 2. The van der Waals surface area contributed by atoms with Crippen molar-refractivity contribution in [1.82, 2.24) is 20.2 Å². The Labute approximate surface area is 142 Å². The minimum absolute atomic E-state index is 0.152. The Kier molecular flexibility index (Phi) is 5.50. The lowest BCUT2D eigenvalue weighted by molar-refractivity contribution is 0.0921. The number of rotatable bonds is 6. The fraction of sp³-hybridized carbons (Fsp3) is 0.706. The van der Waals surface area contributed by atoms with E-state index in [0.717, 1.165) is 57.2 Å². The minimum atomic E-state index is -0.224. The van der Waals surface area contributed by atoms with Gasteiger partial charge in [-0.3, -0.25) is 9.59 Å². The average Bonchev–Trinajstić information content (AvgIpc) is 3.22. The maximum Gasteiger partial charge on any atom is 0.287 e. The molecule has 0 aromatic carbocycles. The van der Waals surface area contributed by atoms with Crippen molar-refractivity contribution >= 4 is 11.8 Å². The van der Waals surface area contributed by atoms with Crippen LogP contribution in [0.2, 0.25) is 0 Å². The van der Waals surface area contributed by atoms with Crippen LogP contribution >= 0.6 is 0 Å². The molecule has 0 radical (unpaired) electrons. The van der Waals surface area contributed by atoms with Gasteiger partial charge < -0.3 is 19.9 Å². The number of fused-ring (bicyclic) bond motifs is 1. The Morgan fingerprint density at radius 1 is 1.21 bits per heavy atom. The monoisotopic (exact) mass is 334 g/mol. The molecule has 2 amide bonds. The Hall–Kier alpha value is -1.89. The van der Waals surface area contributed by atoms with E-state index in [1.165, 1.54) is 0 Å². The topological polar surface area (TPSA) is 85.2 Å². The lowest BCUT2D eigenvalue weighted by Crippen LogP contribution is -2.35. The van der Waals surface area contributed by atoms with Crippen molar-refractivity contribution in [2.24, 2.45) is 0 Å². The van der Waals surface area contributed by atoms with Gasteiger partial charge in [-0.2, -0.15) is 0 Å². The van der Waals surface area contributed by atoms with E-state index in [0.29, 0.717) is 24.7 Å². The summed E-state index contributed by atoms with van der Waals surface area (Å²) in [7, 11) is 1.59. The van der Waals surface area contributed by atoms with E-state index in [-0.39, 0.29) is 17.9 Å². The first kappa shape index (κ1) is 17.0. The normalized spacial score (nSPS) is 17.5. The van der Waals surface area contributed by atoms with Crippen molar-refractivity contribution < 1.29 is 14.3 Å². The average molecular weight is 334 g/mol. The molecule has 2 N–H and O–H groups in total. The third-order valence-electron chi connectivity index (χ3n) is 4.82. The zero-order valence-corrected chi connectivity index (χ0v) is 14.3. The number of ether oxygens (including phenoxy) is 1. The first-order chi connectivity index (χ1) is 11.7. The number of methoxy groups -OCH3 is 1. The van der Waals surface area contributed by atoms with Gasteiger partial charge in [0.1, 0.15) is 5.69 Å². The minimum Gasteiger partial charge on any atom is -0.383 e. The number of carbonyl (C=O) groups is 2. The number of hydrogen-bond acceptors (Lipinski definition) is 4. The zero-order valence-electron chi connectivity index (χ0n) is 14.3. The molecule has 1 fully saturated rings. The molecule has 2 aliphatic rings. The zero-order chi connectivity index (χ0) is 16.9. The molecule has 0 spiro atoms. The van der Waals surface area contributed by atoms with Crippen LogP contribution in [0.25, 0.3) is 0 Å². The summed E-state index contributed by atoms with van der Waals surface area (Å²) in [5, 5.41) is 5.88. The van der Waals surface area contributed by atoms with Gasteiger partial charge in [0.2, 0.25) is 0 Å². The van der Waals surface area contributed by atoms with Gasteiger partial charge in [0.05, 0.1) is 12.3 Å². The summed E-state index contributed by atoms with van der Waals surface area (Å²) in [5.74, 6) is 0.00657. The lowest BCUT2D eigenvalue weighted by Gasteiger charge is -2.18. The van der Waals surface area contributed by atoms with Gasteiger partial charge in [-0.1, -0.05) is 12.8 Å². The molecular formula is C17H26N4O3. The van der Waals surface area contributed by atoms with Gasteiger partial charge in [-0.05, 0) is 32.1 Å². The molecule has 1 aromatic rings. The largest absolute Gasteiger partial charge is 0.383 e. The van der Waals surface area contributed by atoms with Crippen molar-refractivity contribution in [3.05, 3.63) is 17.2 Å². The molecule has 3 rings (SSSR count). The van der Waals surface area contributed by atoms with E-state index in [4.69, 9.17) is 4.74 Å². The summed E-state index contributed by atoms with van der Waals surface area (Å²) in [4.78, 5) is 29.4. The molecular weight excluding hydrogens is 308 g/mol. The standard InChI is InChI=1S/C17H26N4O3/c1-24-11-9-18-16(22)14-13-8-4-5-10-21(13)15(20-14)17(23)19-12-6-2-3-7-12/h12H,2-11H2,1H3,(H,18,22)(H,19,23). The van der Waals surface area contributed by atoms with Crippen molar-refractivity contribution in [3.8, 4) is 0 Å². The summed E-state index contributed by atoms with van der Waals surface area (Å²) in [6, 6.07) is 0.244. The molecule has 0 unspecified atom stereocenters. The van der Waals surface area contributed by atoms with Crippen molar-refractivity contribution in [3.63, 3.8) is 0 Å². The third-order valence-corrected chi connectivity index (χ3v) is 4.82. The molecule has 1 aliphatic heterocycles. The van der Waals surface area contributed by atoms with Crippen LogP contribution < -0.4 is 10.6 Å². The van der Waals surface area contributed by atoms with Gasteiger partial charge in [-0.15, -0.1) is 0 Å². The van der Waals surface area contributed by atoms with Crippen LogP contribution in [0.3, 0.4) is 0 Å². The van der Waals surface area contributed by atoms with Crippen LogP contribution in [0, 0.1) is 0 Å². The Balaban J connectivity index is 1.78. The highest BCUT2D eigenvalue weighted by Crippen LogP contribution is 2.22. The van der Waals surface area contributed by atoms with Crippen LogP contribution in [0.4, 0.5) is 0 Å². The third kappa shape index (κ3) is 3.61. The Morgan fingerprint density at radius 2 is 2.00 bits per heavy atom. The molecule has 7 nitrogen and oxygen atoms in total. The van der Waals surface area contributed by atoms with Crippen LogP contribution in [-0.2, 0) is 17.7 Å². The van der Waals surface area contributed by atoms with Gasteiger partial charge in [0.15, 0.2) is 5.82 Å². The highest BCUT2D eigenvalue weighted by atomic mass is 16.5. The highest BCUT2D eigenvalue weighted by molar-refractivity contribution is 5.97. The lowest BCUT2D eigenvalue weighted by atomic mass is 10.1. The van der Waals surface area contributed by atoms with Gasteiger partial charge in [0.25, 0.3) is 11.8 Å². The predicted molar refractivity (Wildman–Crippen MR) is 89.1 cm³/mol. The maximum atomic E-state index is 12.6. The summed E-state index contributed by atoms with van der Waals surface area (Å²) >= 11 is 0. The summed E-state index contributed by atoms with van der Waals surface area (Å²) in [6.07, 6.45) is 7.21. The van der Waals surface area contributed by atoms with Crippen molar-refractivity contribution in [2.45, 2.75) is 57.5 Å². The van der Waals surface area contributed by atoms with Gasteiger partial charge >= 0.3 is 0 Å². The first-order valence-electron chi connectivity index (χ1n) is 8.88. The molecule has 7 heteroatoms. The highest BCUT2D eigenvalue weighted by Gasteiger charge is 2.28. The predicted octanol–water partition coefficient (Wildman–Crippen LogP) is 1.27. The summed E-state index contributed by atoms with van der Waals surface area (Å²) < 4.78 is 6.88. The van der Waals surface area contributed by atoms with Crippen LogP contribution in [-0.4, -0.2) is 47.7 Å². The Morgan fingerprint density at radius 3 is 2.75 bits per heavy atom. The molecule has 1 saturated carbocycles. The Bertz CT molecular complexity index is 605. The smallest absolute Gasteiger partial charge is 0.287 e. The SMILES string of the molecule is COCCNC(=O)c1nc(C(=O)NC2CCCC2)n2c1CCCC2. The molecule has 24 heavy (non-hydrogen) atoms. The van der Waals surface area contributed by atoms with Crippen LogP contribution in [0.1, 0.15) is 65.3 Å². The quantitative estimate of drug-likeness (QED) is 0.767. The number of amides is 2. The van der Waals surface area contributed by atoms with Crippen molar-refractivity contribution in [1.29, 1.82) is 0 Å². The molecule has 1 aromatic heterocycles. The van der Waals surface area contributed by atoms with Crippen LogP contribution in [0.15, 0.2) is 0 Å². The second-order valence-corrected chi connectivity index (χ2v) is 6.54. The van der Waals surface area contributed by atoms with E-state index in [1.54, 1.807) is 7.11 Å². The summed E-state index contributed by atoms with van der Waals surface area (Å²) in [6.45, 7) is 1.64. The number of nitrogens with one attached hydrogen (secondary N) is 2. The molecule has 0 atom stereocenters. The second-order valence-electron chi connectivity index (χ2n) is 6.54. The maximum absolute atomic E-state index is 12.6. The fourth-order valence-corrected chi connectivity index (χ4v) is 3.57. The molecule has 1 aliphatic carbocycles. The molecule has 0 bridgehead atoms. The number of imidazole rings is 1. The summed E-state index contributed by atoms with van der Waals surface area (Å²) in [5.41, 5.74) is 1.27. The second kappa shape index (κ2) is 7.79. The van der Waals surface area contributed by atoms with Crippen LogP contribution in [0.5, 0.6) is 0 Å². The van der Waals surface area contributed by atoms with Crippen molar-refractivity contribution in [2.75, 3.05) is 20.3 Å². The first-order valence-corrected chi connectivity index (χ1v) is 8.88. The van der Waals surface area contributed by atoms with E-state index in [9.17, 15) is 9.59 Å².